The van der Waals surface area contributed by atoms with Crippen LogP contribution in [0.25, 0.3) is 0 Å². The first kappa shape index (κ1) is 23.1. The molecule has 0 saturated carbocycles. The normalized spacial score (nSPS) is 13.0. The molecule has 0 aliphatic carbocycles. The number of thiazole rings is 1. The van der Waals surface area contributed by atoms with Crippen LogP contribution in [0.3, 0.4) is 0 Å². The third-order valence-electron chi connectivity index (χ3n) is 5.06. The van der Waals surface area contributed by atoms with Gasteiger partial charge in [-0.25, -0.2) is 18.6 Å². The molecule has 0 unspecified atom stereocenters. The first-order valence-corrected chi connectivity index (χ1v) is 11.1. The second-order valence-corrected chi connectivity index (χ2v) is 8.34. The van der Waals surface area contributed by atoms with Crippen LogP contribution in [-0.2, 0) is 0 Å². The fraction of sp³-hybridized carbons (Fsp3) is 0.182. The minimum atomic E-state index is -0.982. The molecule has 2 heterocycles. The first-order chi connectivity index (χ1) is 16.3. The molecule has 176 valence electrons. The molecule has 1 aliphatic rings. The van der Waals surface area contributed by atoms with E-state index in [-0.39, 0.29) is 27.8 Å². The maximum absolute atomic E-state index is 14.0. The Morgan fingerprint density at radius 3 is 2.50 bits per heavy atom. The highest BCUT2D eigenvalue weighted by Gasteiger charge is 2.24. The van der Waals surface area contributed by atoms with Gasteiger partial charge in [0.15, 0.2) is 5.13 Å². The van der Waals surface area contributed by atoms with E-state index in [0.717, 1.165) is 23.5 Å². The highest BCUT2D eigenvalue weighted by atomic mass is 32.1. The third kappa shape index (κ3) is 4.96. The van der Waals surface area contributed by atoms with E-state index in [0.29, 0.717) is 37.4 Å². The van der Waals surface area contributed by atoms with Gasteiger partial charge in [0.2, 0.25) is 5.78 Å². The number of benzene rings is 2. The van der Waals surface area contributed by atoms with E-state index < -0.39 is 23.0 Å². The third-order valence-corrected chi connectivity index (χ3v) is 6.05. The number of anilines is 3. The summed E-state index contributed by atoms with van der Waals surface area (Å²) in [7, 11) is 0. The van der Waals surface area contributed by atoms with Crippen LogP contribution in [0.1, 0.15) is 25.6 Å². The monoisotopic (exact) mass is 486 g/mol. The number of hydrogen-bond acceptors (Lipinski definition) is 7. The zero-order chi connectivity index (χ0) is 24.2. The van der Waals surface area contributed by atoms with E-state index >= 15 is 0 Å². The molecule has 12 heteroatoms. The summed E-state index contributed by atoms with van der Waals surface area (Å²) in [6.07, 6.45) is 0. The number of nitrogens with zero attached hydrogens (tertiary/aromatic N) is 2. The summed E-state index contributed by atoms with van der Waals surface area (Å²) in [6.45, 7) is 1.95. The molecular formula is C22H20F2N6O3S. The van der Waals surface area contributed by atoms with Gasteiger partial charge in [0.05, 0.1) is 5.56 Å². The average molecular weight is 487 g/mol. The maximum Gasteiger partial charge on any atom is 0.317 e. The van der Waals surface area contributed by atoms with E-state index in [1.54, 1.807) is 29.2 Å². The van der Waals surface area contributed by atoms with Crippen molar-refractivity contribution in [2.45, 2.75) is 0 Å². The first-order valence-electron chi connectivity index (χ1n) is 10.3. The Balaban J connectivity index is 1.37. The zero-order valence-electron chi connectivity index (χ0n) is 17.7. The lowest BCUT2D eigenvalue weighted by molar-refractivity contribution is 0.0949. The summed E-state index contributed by atoms with van der Waals surface area (Å²) in [5.41, 5.74) is 6.10. The molecule has 9 nitrogen and oxygen atoms in total. The molecule has 0 spiro atoms. The van der Waals surface area contributed by atoms with Crippen molar-refractivity contribution in [2.24, 2.45) is 0 Å². The molecule has 3 amide bonds. The molecular weight excluding hydrogens is 466 g/mol. The number of carbonyl (C=O) groups is 3. The van der Waals surface area contributed by atoms with Gasteiger partial charge in [-0.2, -0.15) is 0 Å². The number of carbonyl (C=O) groups excluding carboxylic acids is 3. The van der Waals surface area contributed by atoms with Gasteiger partial charge in [0.1, 0.15) is 22.3 Å². The minimum absolute atomic E-state index is 0.0887. The van der Waals surface area contributed by atoms with Crippen molar-refractivity contribution < 1.29 is 23.2 Å². The summed E-state index contributed by atoms with van der Waals surface area (Å²) in [4.78, 5) is 42.0. The fourth-order valence-corrected chi connectivity index (χ4v) is 4.19. The number of ketones is 1. The van der Waals surface area contributed by atoms with Gasteiger partial charge in [-0.05, 0) is 36.4 Å². The molecule has 1 aliphatic heterocycles. The Bertz CT molecular complexity index is 1230. The topological polar surface area (TPSA) is 129 Å². The summed E-state index contributed by atoms with van der Waals surface area (Å²) < 4.78 is 27.9. The van der Waals surface area contributed by atoms with Crippen molar-refractivity contribution in [3.05, 3.63) is 70.1 Å². The van der Waals surface area contributed by atoms with E-state index in [1.165, 1.54) is 6.07 Å². The molecule has 0 atom stereocenters. The van der Waals surface area contributed by atoms with Gasteiger partial charge in [-0.15, -0.1) is 0 Å². The summed E-state index contributed by atoms with van der Waals surface area (Å²) >= 11 is 0.862. The highest BCUT2D eigenvalue weighted by molar-refractivity contribution is 7.18. The second-order valence-electron chi connectivity index (χ2n) is 7.34. The molecule has 1 fully saturated rings. The smallest absolute Gasteiger partial charge is 0.317 e. The Kier molecular flexibility index (Phi) is 6.68. The van der Waals surface area contributed by atoms with Crippen molar-refractivity contribution in [1.29, 1.82) is 0 Å². The largest absolute Gasteiger partial charge is 0.382 e. The summed E-state index contributed by atoms with van der Waals surface area (Å²) in [6, 6.07) is 9.48. The molecule has 0 bridgehead atoms. The van der Waals surface area contributed by atoms with Crippen LogP contribution >= 0.6 is 11.3 Å². The van der Waals surface area contributed by atoms with E-state index in [9.17, 15) is 23.2 Å². The Labute approximate surface area is 197 Å². The van der Waals surface area contributed by atoms with E-state index in [4.69, 9.17) is 5.73 Å². The van der Waals surface area contributed by atoms with Crippen molar-refractivity contribution >= 4 is 45.7 Å². The number of urea groups is 1. The predicted octanol–water partition coefficient (Wildman–Crippen LogP) is 2.73. The maximum atomic E-state index is 14.0. The number of nitrogens with one attached hydrogen (secondary N) is 3. The standard InChI is InChI=1S/C22H20F2N6O3S/c23-14-2-1-3-15(24)16(14)17(31)18-19(25)29-21(34-18)28-13-6-4-12(5-7-13)20(32)26-8-10-30-11-9-27-22(30)33/h1-7H,8-11,25H2,(H,26,32)(H,27,33)(H,28,29). The van der Waals surface area contributed by atoms with Crippen LogP contribution in [0.15, 0.2) is 42.5 Å². The second kappa shape index (κ2) is 9.83. The van der Waals surface area contributed by atoms with Crippen LogP contribution in [0.5, 0.6) is 0 Å². The number of halogens is 2. The van der Waals surface area contributed by atoms with Gasteiger partial charge >= 0.3 is 6.03 Å². The Hall–Kier alpha value is -4.06. The SMILES string of the molecule is Nc1nc(Nc2ccc(C(=O)NCCN3CCNC3=O)cc2)sc1C(=O)c1c(F)cccc1F. The Morgan fingerprint density at radius 1 is 1.15 bits per heavy atom. The quantitative estimate of drug-likeness (QED) is 0.363. The van der Waals surface area contributed by atoms with Crippen molar-refractivity contribution in [1.82, 2.24) is 20.5 Å². The van der Waals surface area contributed by atoms with Crippen LogP contribution in [-0.4, -0.2) is 53.8 Å². The van der Waals surface area contributed by atoms with Crippen LogP contribution in [0, 0.1) is 11.6 Å². The van der Waals surface area contributed by atoms with Crippen molar-refractivity contribution in [3.8, 4) is 0 Å². The fourth-order valence-electron chi connectivity index (χ4n) is 3.34. The van der Waals surface area contributed by atoms with Gasteiger partial charge in [0.25, 0.3) is 5.91 Å². The molecule has 0 radical (unpaired) electrons. The molecule has 2 aromatic carbocycles. The summed E-state index contributed by atoms with van der Waals surface area (Å²) in [5.74, 6) is -3.29. The molecule has 34 heavy (non-hydrogen) atoms. The van der Waals surface area contributed by atoms with Crippen molar-refractivity contribution in [2.75, 3.05) is 37.2 Å². The predicted molar refractivity (Wildman–Crippen MR) is 123 cm³/mol. The van der Waals surface area contributed by atoms with Crippen LogP contribution in [0.4, 0.5) is 30.2 Å². The molecule has 4 rings (SSSR count). The lowest BCUT2D eigenvalue weighted by Gasteiger charge is -2.14. The molecule has 1 aromatic heterocycles. The lowest BCUT2D eigenvalue weighted by Crippen LogP contribution is -2.36. The number of rotatable bonds is 8. The number of hydrogen-bond donors (Lipinski definition) is 4. The molecule has 3 aromatic rings. The number of amides is 3. The minimum Gasteiger partial charge on any atom is -0.382 e. The van der Waals surface area contributed by atoms with Crippen LogP contribution < -0.4 is 21.7 Å². The number of nitrogen functional groups attached to an aromatic ring is 1. The lowest BCUT2D eigenvalue weighted by atomic mass is 10.1. The molecule has 5 N–H and O–H groups in total. The van der Waals surface area contributed by atoms with E-state index in [2.05, 4.69) is 20.9 Å². The van der Waals surface area contributed by atoms with E-state index in [1.807, 2.05) is 0 Å². The Morgan fingerprint density at radius 2 is 1.85 bits per heavy atom. The number of aromatic nitrogens is 1. The zero-order valence-corrected chi connectivity index (χ0v) is 18.5. The number of nitrogens with two attached hydrogens (primary N) is 1. The van der Waals surface area contributed by atoms with Gasteiger partial charge < -0.3 is 26.6 Å². The highest BCUT2D eigenvalue weighted by Crippen LogP contribution is 2.31. The summed E-state index contributed by atoms with van der Waals surface area (Å²) in [5, 5.41) is 8.66. The van der Waals surface area contributed by atoms with Crippen LogP contribution in [0.2, 0.25) is 0 Å². The molecule has 1 saturated heterocycles. The average Bonchev–Trinajstić information content (AvgIpc) is 3.38. The van der Waals surface area contributed by atoms with Crippen molar-refractivity contribution in [3.63, 3.8) is 0 Å². The van der Waals surface area contributed by atoms with Gasteiger partial charge in [-0.1, -0.05) is 17.4 Å². The van der Waals surface area contributed by atoms with Gasteiger partial charge in [-0.3, -0.25) is 9.59 Å². The van der Waals surface area contributed by atoms with Gasteiger partial charge in [0, 0.05) is 37.4 Å².